The number of thiazole rings is 1. The first kappa shape index (κ1) is 23.0. The van der Waals surface area contributed by atoms with Gasteiger partial charge in [-0.05, 0) is 38.1 Å². The summed E-state index contributed by atoms with van der Waals surface area (Å²) in [6.07, 6.45) is 0. The molecule has 1 amide bonds. The number of aromatic nitrogens is 4. The number of carbonyl (C=O) groups is 1. The molecule has 0 bridgehead atoms. The molecule has 0 fully saturated rings. The zero-order chi connectivity index (χ0) is 23.4. The van der Waals surface area contributed by atoms with Crippen molar-refractivity contribution in [2.24, 2.45) is 0 Å². The van der Waals surface area contributed by atoms with Gasteiger partial charge in [-0.1, -0.05) is 41.6 Å². The normalized spacial score (nSPS) is 10.9. The molecule has 7 nitrogen and oxygen atoms in total. The van der Waals surface area contributed by atoms with Crippen LogP contribution in [0.3, 0.4) is 0 Å². The Morgan fingerprint density at radius 1 is 1.06 bits per heavy atom. The number of thioether (sulfide) groups is 1. The standard InChI is InChI=1S/C24H26N6OS2/c1-5-30-22(18-10-12-19(13-11-18)29(3)4)27-28-24(30)33-15-21(31)26-23-25-20(14-32-23)17-8-6-16(2)7-9-17/h6-14H,5,15H2,1-4H3,(H,25,26,31). The number of benzene rings is 2. The van der Waals surface area contributed by atoms with E-state index in [0.29, 0.717) is 11.7 Å². The molecule has 0 radical (unpaired) electrons. The van der Waals surface area contributed by atoms with Crippen LogP contribution in [0.2, 0.25) is 0 Å². The summed E-state index contributed by atoms with van der Waals surface area (Å²) >= 11 is 2.80. The molecular weight excluding hydrogens is 452 g/mol. The molecule has 4 rings (SSSR count). The molecule has 33 heavy (non-hydrogen) atoms. The van der Waals surface area contributed by atoms with Crippen LogP contribution in [0.1, 0.15) is 12.5 Å². The van der Waals surface area contributed by atoms with Crippen molar-refractivity contribution in [3.63, 3.8) is 0 Å². The maximum atomic E-state index is 12.5. The number of hydrogen-bond donors (Lipinski definition) is 1. The number of nitrogens with zero attached hydrogens (tertiary/aromatic N) is 5. The third kappa shape index (κ3) is 5.43. The summed E-state index contributed by atoms with van der Waals surface area (Å²) in [4.78, 5) is 19.1. The SMILES string of the molecule is CCn1c(SCC(=O)Nc2nc(-c3ccc(C)cc3)cs2)nnc1-c1ccc(N(C)C)cc1. The molecule has 1 N–H and O–H groups in total. The monoisotopic (exact) mass is 478 g/mol. The lowest BCUT2D eigenvalue weighted by atomic mass is 10.1. The minimum atomic E-state index is -0.118. The Hall–Kier alpha value is -3.17. The van der Waals surface area contributed by atoms with Gasteiger partial charge in [0.25, 0.3) is 0 Å². The first-order valence-electron chi connectivity index (χ1n) is 10.6. The van der Waals surface area contributed by atoms with Crippen molar-refractivity contribution >= 4 is 39.8 Å². The summed E-state index contributed by atoms with van der Waals surface area (Å²) in [6.45, 7) is 4.82. The zero-order valence-corrected chi connectivity index (χ0v) is 20.7. The van der Waals surface area contributed by atoms with Gasteiger partial charge in [-0.25, -0.2) is 4.98 Å². The molecule has 2 aromatic heterocycles. The molecule has 0 saturated carbocycles. The largest absolute Gasteiger partial charge is 0.378 e. The van der Waals surface area contributed by atoms with Crippen LogP contribution in [0.4, 0.5) is 10.8 Å². The van der Waals surface area contributed by atoms with Crippen LogP contribution in [-0.4, -0.2) is 45.5 Å². The second-order valence-corrected chi connectivity index (χ2v) is 9.53. The van der Waals surface area contributed by atoms with Crippen molar-refractivity contribution in [2.45, 2.75) is 25.5 Å². The molecule has 0 unspecified atom stereocenters. The summed E-state index contributed by atoms with van der Waals surface area (Å²) in [6, 6.07) is 16.4. The van der Waals surface area contributed by atoms with Gasteiger partial charge < -0.3 is 14.8 Å². The van der Waals surface area contributed by atoms with Gasteiger partial charge in [-0.15, -0.1) is 21.5 Å². The Morgan fingerprint density at radius 3 is 2.42 bits per heavy atom. The van der Waals surface area contributed by atoms with Gasteiger partial charge in [0.1, 0.15) is 0 Å². The fraction of sp³-hybridized carbons (Fsp3) is 0.250. The third-order valence-corrected chi connectivity index (χ3v) is 6.83. The average molecular weight is 479 g/mol. The van der Waals surface area contributed by atoms with Gasteiger partial charge in [0.05, 0.1) is 11.4 Å². The number of carbonyl (C=O) groups excluding carboxylic acids is 1. The Morgan fingerprint density at radius 2 is 1.76 bits per heavy atom. The molecule has 0 aliphatic heterocycles. The number of aryl methyl sites for hydroxylation is 1. The summed E-state index contributed by atoms with van der Waals surface area (Å²) in [7, 11) is 4.02. The van der Waals surface area contributed by atoms with Crippen LogP contribution < -0.4 is 10.2 Å². The molecule has 9 heteroatoms. The van der Waals surface area contributed by atoms with E-state index in [-0.39, 0.29) is 11.7 Å². The van der Waals surface area contributed by atoms with E-state index in [9.17, 15) is 4.79 Å². The second-order valence-electron chi connectivity index (χ2n) is 7.73. The van der Waals surface area contributed by atoms with E-state index in [0.717, 1.165) is 33.5 Å². The fourth-order valence-corrected chi connectivity index (χ4v) is 4.81. The minimum absolute atomic E-state index is 0.118. The van der Waals surface area contributed by atoms with E-state index in [1.54, 1.807) is 0 Å². The smallest absolute Gasteiger partial charge is 0.236 e. The van der Waals surface area contributed by atoms with Crippen molar-refractivity contribution in [2.75, 3.05) is 30.1 Å². The molecule has 4 aromatic rings. The molecule has 0 aliphatic carbocycles. The number of rotatable bonds is 8. The Labute approximate surface area is 201 Å². The highest BCUT2D eigenvalue weighted by Crippen LogP contribution is 2.27. The number of anilines is 2. The van der Waals surface area contributed by atoms with E-state index in [1.165, 1.54) is 28.7 Å². The molecule has 170 valence electrons. The van der Waals surface area contributed by atoms with Crippen LogP contribution in [-0.2, 0) is 11.3 Å². The Bertz CT molecular complexity index is 1230. The highest BCUT2D eigenvalue weighted by atomic mass is 32.2. The van der Waals surface area contributed by atoms with Crippen LogP contribution >= 0.6 is 23.1 Å². The van der Waals surface area contributed by atoms with Gasteiger partial charge in [0, 0.05) is 42.8 Å². The highest BCUT2D eigenvalue weighted by molar-refractivity contribution is 7.99. The van der Waals surface area contributed by atoms with Crippen molar-refractivity contribution in [1.82, 2.24) is 19.7 Å². The second kappa shape index (κ2) is 10.2. The quantitative estimate of drug-likeness (QED) is 0.351. The molecule has 0 atom stereocenters. The topological polar surface area (TPSA) is 75.9 Å². The van der Waals surface area contributed by atoms with Crippen LogP contribution in [0.15, 0.2) is 59.1 Å². The van der Waals surface area contributed by atoms with Crippen LogP contribution in [0, 0.1) is 6.92 Å². The maximum Gasteiger partial charge on any atom is 0.236 e. The average Bonchev–Trinajstić information content (AvgIpc) is 3.45. The molecule has 0 saturated heterocycles. The van der Waals surface area contributed by atoms with E-state index < -0.39 is 0 Å². The number of nitrogens with one attached hydrogen (secondary N) is 1. The summed E-state index contributed by atoms with van der Waals surface area (Å²) < 4.78 is 2.03. The van der Waals surface area contributed by atoms with E-state index in [4.69, 9.17) is 0 Å². The lowest BCUT2D eigenvalue weighted by molar-refractivity contribution is -0.113. The first-order chi connectivity index (χ1) is 15.9. The molecule has 0 aliphatic rings. The number of amides is 1. The highest BCUT2D eigenvalue weighted by Gasteiger charge is 2.15. The van der Waals surface area contributed by atoms with Crippen molar-refractivity contribution in [3.8, 4) is 22.6 Å². The Kier molecular flexibility index (Phi) is 7.10. The Balaban J connectivity index is 1.39. The summed E-state index contributed by atoms with van der Waals surface area (Å²) in [5.74, 6) is 0.915. The predicted octanol–water partition coefficient (Wildman–Crippen LogP) is 5.19. The lowest BCUT2D eigenvalue weighted by Gasteiger charge is -2.13. The molecule has 0 spiro atoms. The third-order valence-electron chi connectivity index (χ3n) is 5.11. The van der Waals surface area contributed by atoms with Gasteiger partial charge in [0.15, 0.2) is 16.1 Å². The first-order valence-corrected chi connectivity index (χ1v) is 12.5. The van der Waals surface area contributed by atoms with Gasteiger partial charge in [-0.3, -0.25) is 4.79 Å². The van der Waals surface area contributed by atoms with Crippen LogP contribution in [0.5, 0.6) is 0 Å². The van der Waals surface area contributed by atoms with Gasteiger partial charge in [0.2, 0.25) is 5.91 Å². The molecule has 2 aromatic carbocycles. The zero-order valence-electron chi connectivity index (χ0n) is 19.1. The van der Waals surface area contributed by atoms with Gasteiger partial charge in [-0.2, -0.15) is 0 Å². The van der Waals surface area contributed by atoms with Gasteiger partial charge >= 0.3 is 0 Å². The lowest BCUT2D eigenvalue weighted by Crippen LogP contribution is -2.14. The van der Waals surface area contributed by atoms with Crippen molar-refractivity contribution in [3.05, 3.63) is 59.5 Å². The van der Waals surface area contributed by atoms with Crippen molar-refractivity contribution < 1.29 is 4.79 Å². The van der Waals surface area contributed by atoms with E-state index in [1.807, 2.05) is 55.2 Å². The van der Waals surface area contributed by atoms with E-state index >= 15 is 0 Å². The minimum Gasteiger partial charge on any atom is -0.378 e. The van der Waals surface area contributed by atoms with Crippen LogP contribution in [0.25, 0.3) is 22.6 Å². The number of hydrogen-bond acceptors (Lipinski definition) is 7. The summed E-state index contributed by atoms with van der Waals surface area (Å²) in [5, 5.41) is 14.9. The molecular formula is C24H26N6OS2. The predicted molar refractivity (Wildman–Crippen MR) is 137 cm³/mol. The maximum absolute atomic E-state index is 12.5. The van der Waals surface area contributed by atoms with Crippen molar-refractivity contribution in [1.29, 1.82) is 0 Å². The van der Waals surface area contributed by atoms with E-state index in [2.05, 4.69) is 56.6 Å². The summed E-state index contributed by atoms with van der Waals surface area (Å²) in [5.41, 5.74) is 5.22. The molecule has 2 heterocycles. The fourth-order valence-electron chi connectivity index (χ4n) is 3.28.